The third kappa shape index (κ3) is 4.13. The summed E-state index contributed by atoms with van der Waals surface area (Å²) in [6, 6.07) is 54.5. The quantitative estimate of drug-likeness (QED) is 0.206. The van der Waals surface area contributed by atoms with Gasteiger partial charge in [0.15, 0.2) is 0 Å². The van der Waals surface area contributed by atoms with Crippen molar-refractivity contribution in [3.8, 4) is 50.6 Å². The van der Waals surface area contributed by atoms with Crippen molar-refractivity contribution < 1.29 is 8.83 Å². The summed E-state index contributed by atoms with van der Waals surface area (Å²) in [6.45, 7) is 0. The van der Waals surface area contributed by atoms with E-state index in [0.29, 0.717) is 5.56 Å². The van der Waals surface area contributed by atoms with Crippen molar-refractivity contribution in [3.63, 3.8) is 0 Å². The van der Waals surface area contributed by atoms with Gasteiger partial charge in [-0.05, 0) is 93.5 Å². The van der Waals surface area contributed by atoms with Crippen LogP contribution in [-0.2, 0) is 0 Å². The van der Waals surface area contributed by atoms with Crippen molar-refractivity contribution in [2.75, 3.05) is 0 Å². The third-order valence-electron chi connectivity index (χ3n) is 8.96. The minimum atomic E-state index is 0.640. The van der Waals surface area contributed by atoms with E-state index in [0.717, 1.165) is 88.4 Å². The van der Waals surface area contributed by atoms with E-state index in [-0.39, 0.29) is 0 Å². The second-order valence-corrected chi connectivity index (χ2v) is 11.6. The van der Waals surface area contributed by atoms with E-state index < -0.39 is 0 Å². The van der Waals surface area contributed by atoms with Gasteiger partial charge in [0.05, 0.1) is 11.6 Å². The molecule has 0 spiro atoms. The lowest BCUT2D eigenvalue weighted by molar-refractivity contribution is 0.668. The molecule has 0 radical (unpaired) electrons. The number of furan rings is 2. The van der Waals surface area contributed by atoms with Gasteiger partial charge in [-0.2, -0.15) is 5.26 Å². The number of hydrogen-bond acceptors (Lipinski definition) is 3. The Labute approximate surface area is 265 Å². The fourth-order valence-electron chi connectivity index (χ4n) is 6.76. The second-order valence-electron chi connectivity index (χ2n) is 11.6. The van der Waals surface area contributed by atoms with Crippen LogP contribution in [0.25, 0.3) is 88.4 Å². The molecule has 0 N–H and O–H groups in total. The number of nitrogens with zero attached hydrogens (tertiary/aromatic N) is 1. The highest BCUT2D eigenvalue weighted by atomic mass is 16.3. The summed E-state index contributed by atoms with van der Waals surface area (Å²) in [6.07, 6.45) is 0. The molecule has 0 fully saturated rings. The van der Waals surface area contributed by atoms with Crippen LogP contribution < -0.4 is 0 Å². The smallest absolute Gasteiger partial charge is 0.135 e. The molecule has 0 bridgehead atoms. The summed E-state index contributed by atoms with van der Waals surface area (Å²) in [5.41, 5.74) is 12.5. The highest BCUT2D eigenvalue weighted by Gasteiger charge is 2.20. The molecule has 0 saturated carbocycles. The molecule has 2 heterocycles. The minimum Gasteiger partial charge on any atom is -0.456 e. The lowest BCUT2D eigenvalue weighted by Crippen LogP contribution is -1.94. The van der Waals surface area contributed by atoms with E-state index >= 15 is 0 Å². The zero-order valence-electron chi connectivity index (χ0n) is 24.7. The van der Waals surface area contributed by atoms with Crippen molar-refractivity contribution in [1.29, 1.82) is 5.26 Å². The largest absolute Gasteiger partial charge is 0.456 e. The Hall–Kier alpha value is -6.37. The van der Waals surface area contributed by atoms with Gasteiger partial charge in [0.25, 0.3) is 0 Å². The monoisotopic (exact) mass is 587 g/mol. The van der Waals surface area contributed by atoms with Gasteiger partial charge < -0.3 is 8.83 Å². The molecule has 7 aromatic carbocycles. The van der Waals surface area contributed by atoms with Gasteiger partial charge in [0, 0.05) is 27.1 Å². The summed E-state index contributed by atoms with van der Waals surface area (Å²) in [5, 5.41) is 14.5. The molecule has 9 rings (SSSR count). The molecule has 0 aliphatic rings. The van der Waals surface area contributed by atoms with E-state index in [4.69, 9.17) is 8.83 Å². The average Bonchev–Trinajstić information content (AvgIpc) is 3.69. The van der Waals surface area contributed by atoms with Gasteiger partial charge in [-0.3, -0.25) is 0 Å². The van der Waals surface area contributed by atoms with Crippen LogP contribution >= 0.6 is 0 Å². The van der Waals surface area contributed by atoms with Crippen LogP contribution in [0, 0.1) is 11.3 Å². The second kappa shape index (κ2) is 10.4. The van der Waals surface area contributed by atoms with Crippen LogP contribution in [0.2, 0.25) is 0 Å². The van der Waals surface area contributed by atoms with Gasteiger partial charge in [-0.15, -0.1) is 0 Å². The molecule has 0 aliphatic heterocycles. The first-order valence-corrected chi connectivity index (χ1v) is 15.3. The Bertz CT molecular complexity index is 2650. The molecule has 2 aromatic heterocycles. The number of benzene rings is 7. The molecule has 0 saturated heterocycles. The predicted molar refractivity (Wildman–Crippen MR) is 187 cm³/mol. The highest BCUT2D eigenvalue weighted by molar-refractivity contribution is 6.09. The van der Waals surface area contributed by atoms with Gasteiger partial charge in [0.1, 0.15) is 22.3 Å². The van der Waals surface area contributed by atoms with Gasteiger partial charge in [0.2, 0.25) is 0 Å². The maximum atomic E-state index is 10.2. The summed E-state index contributed by atoms with van der Waals surface area (Å²) < 4.78 is 12.4. The number of fused-ring (bicyclic) bond motifs is 6. The van der Waals surface area contributed by atoms with E-state index in [1.807, 2.05) is 60.7 Å². The van der Waals surface area contributed by atoms with Crippen molar-refractivity contribution in [3.05, 3.63) is 157 Å². The normalized spacial score (nSPS) is 11.5. The number of rotatable bonds is 4. The van der Waals surface area contributed by atoms with E-state index in [2.05, 4.69) is 97.1 Å². The van der Waals surface area contributed by atoms with Crippen LogP contribution in [0.15, 0.2) is 160 Å². The van der Waals surface area contributed by atoms with Crippen molar-refractivity contribution in [1.82, 2.24) is 0 Å². The van der Waals surface area contributed by atoms with Gasteiger partial charge in [-0.1, -0.05) is 97.1 Å². The highest BCUT2D eigenvalue weighted by Crippen LogP contribution is 2.45. The first-order valence-electron chi connectivity index (χ1n) is 15.3. The SMILES string of the molecule is N#Cc1ccccc1-c1cc(-c2ccc3oc4ccccc4c3c2)c(-c2ccc3oc4ccccc4c3c2)cc1-c1ccccc1. The van der Waals surface area contributed by atoms with Gasteiger partial charge in [-0.25, -0.2) is 0 Å². The lowest BCUT2D eigenvalue weighted by Gasteiger charge is -2.19. The Balaban J connectivity index is 1.38. The minimum absolute atomic E-state index is 0.640. The van der Waals surface area contributed by atoms with Crippen molar-refractivity contribution in [2.24, 2.45) is 0 Å². The molecular weight excluding hydrogens is 562 g/mol. The molecule has 0 aliphatic carbocycles. The topological polar surface area (TPSA) is 50.1 Å². The number of nitriles is 1. The molecule has 9 aromatic rings. The average molecular weight is 588 g/mol. The van der Waals surface area contributed by atoms with Crippen LogP contribution in [-0.4, -0.2) is 0 Å². The first kappa shape index (κ1) is 26.1. The number of para-hydroxylation sites is 2. The standard InChI is InChI=1S/C43H25NO2/c44-26-30-12-4-5-13-31(30)37-25-36(29-19-21-43-39(23-29)33-15-7-9-17-41(33)46-43)35(24-34(37)27-10-2-1-3-11-27)28-18-20-42-38(22-28)32-14-6-8-16-40(32)45-42/h1-25H. The van der Waals surface area contributed by atoms with Crippen molar-refractivity contribution in [2.45, 2.75) is 0 Å². The zero-order valence-corrected chi connectivity index (χ0v) is 24.7. The fourth-order valence-corrected chi connectivity index (χ4v) is 6.76. The summed E-state index contributed by atoms with van der Waals surface area (Å²) >= 11 is 0. The van der Waals surface area contributed by atoms with Crippen LogP contribution in [0.3, 0.4) is 0 Å². The van der Waals surface area contributed by atoms with Crippen LogP contribution in [0.1, 0.15) is 5.56 Å². The van der Waals surface area contributed by atoms with Crippen LogP contribution in [0.4, 0.5) is 0 Å². The van der Waals surface area contributed by atoms with E-state index in [9.17, 15) is 5.26 Å². The Morgan fingerprint density at radius 2 is 0.826 bits per heavy atom. The van der Waals surface area contributed by atoms with E-state index in [1.54, 1.807) is 0 Å². The lowest BCUT2D eigenvalue weighted by atomic mass is 9.84. The summed E-state index contributed by atoms with van der Waals surface area (Å²) in [5.74, 6) is 0. The molecular formula is C43H25NO2. The molecule has 0 amide bonds. The van der Waals surface area contributed by atoms with Crippen molar-refractivity contribution >= 4 is 43.9 Å². The third-order valence-corrected chi connectivity index (χ3v) is 8.96. The van der Waals surface area contributed by atoms with E-state index in [1.165, 1.54) is 0 Å². The molecule has 214 valence electrons. The van der Waals surface area contributed by atoms with Crippen LogP contribution in [0.5, 0.6) is 0 Å². The molecule has 3 heteroatoms. The summed E-state index contributed by atoms with van der Waals surface area (Å²) in [7, 11) is 0. The summed E-state index contributed by atoms with van der Waals surface area (Å²) in [4.78, 5) is 0. The van der Waals surface area contributed by atoms with Gasteiger partial charge >= 0.3 is 0 Å². The Morgan fingerprint density at radius 1 is 0.348 bits per heavy atom. The molecule has 0 unspecified atom stereocenters. The molecule has 0 atom stereocenters. The maximum Gasteiger partial charge on any atom is 0.135 e. The maximum absolute atomic E-state index is 10.2. The Kier molecular flexibility index (Phi) is 5.88. The molecule has 3 nitrogen and oxygen atoms in total. The predicted octanol–water partition coefficient (Wildman–Crippen LogP) is 12.0. The number of hydrogen-bond donors (Lipinski definition) is 0. The molecule has 46 heavy (non-hydrogen) atoms. The first-order chi connectivity index (χ1) is 22.7. The fraction of sp³-hybridized carbons (Fsp3) is 0. The zero-order chi connectivity index (χ0) is 30.6. The Morgan fingerprint density at radius 3 is 1.43 bits per heavy atom.